The SMILES string of the molecule is Cc1ccc(COc2ccc(C)cc2C(=O)c2cccs2)cc1. The molecular weight excluding hydrogens is 304 g/mol. The second-order valence-corrected chi connectivity index (χ2v) is 6.53. The standard InChI is InChI=1S/C20H18O2S/c1-14-5-8-16(9-6-14)13-22-18-10-7-15(2)12-17(18)20(21)19-4-3-11-23-19/h3-12H,13H2,1-2H3. The molecule has 0 atom stereocenters. The third-order valence-electron chi connectivity index (χ3n) is 3.64. The number of ether oxygens (including phenoxy) is 1. The lowest BCUT2D eigenvalue weighted by atomic mass is 10.1. The van der Waals surface area contributed by atoms with E-state index < -0.39 is 0 Å². The molecule has 116 valence electrons. The van der Waals surface area contributed by atoms with Crippen LogP contribution in [0.1, 0.15) is 31.9 Å². The summed E-state index contributed by atoms with van der Waals surface area (Å²) in [5.74, 6) is 0.650. The number of thiophene rings is 1. The summed E-state index contributed by atoms with van der Waals surface area (Å²) in [7, 11) is 0. The van der Waals surface area contributed by atoms with E-state index >= 15 is 0 Å². The van der Waals surface area contributed by atoms with Crippen LogP contribution in [0, 0.1) is 13.8 Å². The van der Waals surface area contributed by atoms with Gasteiger partial charge in [-0.25, -0.2) is 0 Å². The predicted molar refractivity (Wildman–Crippen MR) is 94.4 cm³/mol. The molecule has 0 bridgehead atoms. The fourth-order valence-electron chi connectivity index (χ4n) is 2.33. The summed E-state index contributed by atoms with van der Waals surface area (Å²) in [5, 5.41) is 1.91. The van der Waals surface area contributed by atoms with Gasteiger partial charge >= 0.3 is 0 Å². The second kappa shape index (κ2) is 6.80. The largest absolute Gasteiger partial charge is 0.488 e. The van der Waals surface area contributed by atoms with Gasteiger partial charge in [-0.05, 0) is 43.0 Å². The fraction of sp³-hybridized carbons (Fsp3) is 0.150. The number of carbonyl (C=O) groups is 1. The molecule has 0 spiro atoms. The zero-order chi connectivity index (χ0) is 16.2. The molecule has 1 heterocycles. The molecule has 0 amide bonds. The second-order valence-electron chi connectivity index (χ2n) is 5.58. The molecule has 0 radical (unpaired) electrons. The highest BCUT2D eigenvalue weighted by Crippen LogP contribution is 2.26. The fourth-order valence-corrected chi connectivity index (χ4v) is 3.01. The maximum Gasteiger partial charge on any atom is 0.206 e. The highest BCUT2D eigenvalue weighted by molar-refractivity contribution is 7.12. The van der Waals surface area contributed by atoms with E-state index in [0.717, 1.165) is 16.0 Å². The molecule has 0 unspecified atom stereocenters. The van der Waals surface area contributed by atoms with Gasteiger partial charge in [0.05, 0.1) is 10.4 Å². The van der Waals surface area contributed by atoms with E-state index in [1.807, 2.05) is 54.8 Å². The first-order valence-electron chi connectivity index (χ1n) is 7.51. The maximum atomic E-state index is 12.7. The third kappa shape index (κ3) is 3.69. The van der Waals surface area contributed by atoms with E-state index in [2.05, 4.69) is 19.1 Å². The quantitative estimate of drug-likeness (QED) is 0.605. The van der Waals surface area contributed by atoms with Crippen molar-refractivity contribution in [3.63, 3.8) is 0 Å². The van der Waals surface area contributed by atoms with E-state index in [1.165, 1.54) is 16.9 Å². The Balaban J connectivity index is 1.84. The van der Waals surface area contributed by atoms with Crippen LogP contribution in [0.2, 0.25) is 0 Å². The van der Waals surface area contributed by atoms with Crippen molar-refractivity contribution in [1.82, 2.24) is 0 Å². The van der Waals surface area contributed by atoms with E-state index in [9.17, 15) is 4.79 Å². The van der Waals surface area contributed by atoms with Gasteiger partial charge in [0.15, 0.2) is 0 Å². The Hall–Kier alpha value is -2.39. The first kappa shape index (κ1) is 15.5. The smallest absolute Gasteiger partial charge is 0.206 e. The first-order valence-corrected chi connectivity index (χ1v) is 8.38. The number of hydrogen-bond donors (Lipinski definition) is 0. The minimum absolute atomic E-state index is 0.0163. The van der Waals surface area contributed by atoms with Crippen molar-refractivity contribution in [2.45, 2.75) is 20.5 Å². The first-order chi connectivity index (χ1) is 11.1. The van der Waals surface area contributed by atoms with Crippen molar-refractivity contribution in [2.75, 3.05) is 0 Å². The van der Waals surface area contributed by atoms with Gasteiger partial charge in [0, 0.05) is 0 Å². The van der Waals surface area contributed by atoms with Crippen molar-refractivity contribution < 1.29 is 9.53 Å². The number of carbonyl (C=O) groups excluding carboxylic acids is 1. The van der Waals surface area contributed by atoms with Crippen molar-refractivity contribution in [2.24, 2.45) is 0 Å². The molecule has 0 aliphatic carbocycles. The van der Waals surface area contributed by atoms with E-state index in [0.29, 0.717) is 17.9 Å². The van der Waals surface area contributed by atoms with E-state index in [4.69, 9.17) is 4.74 Å². The van der Waals surface area contributed by atoms with Crippen LogP contribution in [0.4, 0.5) is 0 Å². The average molecular weight is 322 g/mol. The number of rotatable bonds is 5. The third-order valence-corrected chi connectivity index (χ3v) is 4.51. The van der Waals surface area contributed by atoms with Crippen molar-refractivity contribution in [3.05, 3.63) is 87.1 Å². The molecule has 0 aliphatic heterocycles. The average Bonchev–Trinajstić information content (AvgIpc) is 3.09. The van der Waals surface area contributed by atoms with E-state index in [1.54, 1.807) is 0 Å². The molecule has 1 aromatic heterocycles. The zero-order valence-corrected chi connectivity index (χ0v) is 14.0. The summed E-state index contributed by atoms with van der Waals surface area (Å²) in [4.78, 5) is 13.4. The number of aryl methyl sites for hydroxylation is 2. The van der Waals surface area contributed by atoms with Crippen molar-refractivity contribution in [3.8, 4) is 5.75 Å². The van der Waals surface area contributed by atoms with E-state index in [-0.39, 0.29) is 5.78 Å². The number of ketones is 1. The summed E-state index contributed by atoms with van der Waals surface area (Å²) in [6, 6.07) is 17.7. The van der Waals surface area contributed by atoms with Crippen LogP contribution in [0.5, 0.6) is 5.75 Å². The molecule has 2 aromatic carbocycles. The van der Waals surface area contributed by atoms with Crippen LogP contribution in [0.3, 0.4) is 0 Å². The maximum absolute atomic E-state index is 12.7. The van der Waals surface area contributed by atoms with Crippen LogP contribution in [0.25, 0.3) is 0 Å². The van der Waals surface area contributed by atoms with Crippen LogP contribution < -0.4 is 4.74 Å². The van der Waals surface area contributed by atoms with Gasteiger partial charge in [-0.15, -0.1) is 11.3 Å². The lowest BCUT2D eigenvalue weighted by molar-refractivity contribution is 0.103. The van der Waals surface area contributed by atoms with Gasteiger partial charge in [0.2, 0.25) is 5.78 Å². The van der Waals surface area contributed by atoms with Gasteiger partial charge in [-0.2, -0.15) is 0 Å². The van der Waals surface area contributed by atoms with Crippen LogP contribution in [0.15, 0.2) is 60.0 Å². The van der Waals surface area contributed by atoms with Crippen LogP contribution in [-0.2, 0) is 6.61 Å². The molecule has 0 aliphatic rings. The lowest BCUT2D eigenvalue weighted by Crippen LogP contribution is -2.05. The Morgan fingerprint density at radius 2 is 1.74 bits per heavy atom. The highest BCUT2D eigenvalue weighted by Gasteiger charge is 2.16. The molecule has 2 nitrogen and oxygen atoms in total. The summed E-state index contributed by atoms with van der Waals surface area (Å²) >= 11 is 1.45. The predicted octanol–water partition coefficient (Wildman–Crippen LogP) is 5.17. The summed E-state index contributed by atoms with van der Waals surface area (Å²) in [5.41, 5.74) is 3.98. The Morgan fingerprint density at radius 3 is 2.43 bits per heavy atom. The summed E-state index contributed by atoms with van der Waals surface area (Å²) in [6.45, 7) is 4.49. The van der Waals surface area contributed by atoms with Gasteiger partial charge in [-0.3, -0.25) is 4.79 Å². The Labute approximate surface area is 140 Å². The lowest BCUT2D eigenvalue weighted by Gasteiger charge is -2.11. The normalized spacial score (nSPS) is 10.5. The van der Waals surface area contributed by atoms with Crippen LogP contribution >= 0.6 is 11.3 Å². The molecule has 0 fully saturated rings. The van der Waals surface area contributed by atoms with Crippen molar-refractivity contribution in [1.29, 1.82) is 0 Å². The van der Waals surface area contributed by atoms with Gasteiger partial charge in [0.1, 0.15) is 12.4 Å². The Bertz CT molecular complexity index is 802. The monoisotopic (exact) mass is 322 g/mol. The molecule has 3 aromatic rings. The summed E-state index contributed by atoms with van der Waals surface area (Å²) < 4.78 is 5.92. The molecule has 0 saturated heterocycles. The van der Waals surface area contributed by atoms with Crippen molar-refractivity contribution >= 4 is 17.1 Å². The minimum Gasteiger partial charge on any atom is -0.488 e. The molecular formula is C20H18O2S. The molecule has 23 heavy (non-hydrogen) atoms. The Morgan fingerprint density at radius 1 is 1.00 bits per heavy atom. The summed E-state index contributed by atoms with van der Waals surface area (Å²) in [6.07, 6.45) is 0. The molecule has 3 rings (SSSR count). The number of benzene rings is 2. The minimum atomic E-state index is 0.0163. The van der Waals surface area contributed by atoms with Gasteiger partial charge in [-0.1, -0.05) is 47.5 Å². The number of hydrogen-bond acceptors (Lipinski definition) is 3. The Kier molecular flexibility index (Phi) is 4.58. The molecule has 0 N–H and O–H groups in total. The van der Waals surface area contributed by atoms with Crippen LogP contribution in [-0.4, -0.2) is 5.78 Å². The zero-order valence-electron chi connectivity index (χ0n) is 13.2. The highest BCUT2D eigenvalue weighted by atomic mass is 32.1. The molecule has 0 saturated carbocycles. The molecule has 3 heteroatoms. The van der Waals surface area contributed by atoms with Gasteiger partial charge < -0.3 is 4.74 Å². The van der Waals surface area contributed by atoms with Gasteiger partial charge in [0.25, 0.3) is 0 Å². The topological polar surface area (TPSA) is 26.3 Å².